The van der Waals surface area contributed by atoms with Crippen LogP contribution in [0.3, 0.4) is 0 Å². The number of benzene rings is 2. The Morgan fingerprint density at radius 2 is 2.00 bits per heavy atom. The lowest BCUT2D eigenvalue weighted by Gasteiger charge is -2.12. The standard InChI is InChI=1S/C23H18ClN3O4S/c1-3-8-27-22(30)18-6-4-15(24)10-19(18)26-23(27)32-12-14-9-21(29)31-20-11-16(25-13(2)28)5-7-17(14)20/h3-7,9-11H,1,8,12H2,2H3,(H,25,28). The fraction of sp³-hybridized carbons (Fsp3) is 0.130. The molecule has 2 heterocycles. The number of allylic oxidation sites excluding steroid dienone is 1. The summed E-state index contributed by atoms with van der Waals surface area (Å²) in [6.07, 6.45) is 1.63. The van der Waals surface area contributed by atoms with Gasteiger partial charge in [-0.2, -0.15) is 0 Å². The summed E-state index contributed by atoms with van der Waals surface area (Å²) >= 11 is 7.41. The third kappa shape index (κ3) is 4.46. The van der Waals surface area contributed by atoms with Crippen LogP contribution in [0.2, 0.25) is 5.02 Å². The molecule has 32 heavy (non-hydrogen) atoms. The summed E-state index contributed by atoms with van der Waals surface area (Å²) < 4.78 is 6.85. The summed E-state index contributed by atoms with van der Waals surface area (Å²) in [5.74, 6) is 0.151. The Morgan fingerprint density at radius 1 is 1.22 bits per heavy atom. The number of carbonyl (C=O) groups is 1. The minimum absolute atomic E-state index is 0.188. The number of thioether (sulfide) groups is 1. The van der Waals surface area contributed by atoms with Crippen molar-refractivity contribution < 1.29 is 9.21 Å². The van der Waals surface area contributed by atoms with Crippen LogP contribution in [0.5, 0.6) is 0 Å². The zero-order valence-corrected chi connectivity index (χ0v) is 18.6. The van der Waals surface area contributed by atoms with Gasteiger partial charge in [-0.25, -0.2) is 9.78 Å². The third-order valence-corrected chi connectivity index (χ3v) is 5.96. The first-order valence-corrected chi connectivity index (χ1v) is 11.0. The van der Waals surface area contributed by atoms with E-state index in [4.69, 9.17) is 16.0 Å². The molecule has 0 radical (unpaired) electrons. The van der Waals surface area contributed by atoms with E-state index in [0.717, 1.165) is 10.9 Å². The van der Waals surface area contributed by atoms with Gasteiger partial charge in [-0.05, 0) is 35.9 Å². The van der Waals surface area contributed by atoms with Gasteiger partial charge in [-0.1, -0.05) is 29.4 Å². The first-order valence-electron chi connectivity index (χ1n) is 9.64. The number of nitrogens with one attached hydrogen (secondary N) is 1. The minimum Gasteiger partial charge on any atom is -0.423 e. The lowest BCUT2D eigenvalue weighted by molar-refractivity contribution is -0.114. The van der Waals surface area contributed by atoms with Crippen molar-refractivity contribution in [1.82, 2.24) is 9.55 Å². The SMILES string of the molecule is C=CCn1c(SCc2cc(=O)oc3cc(NC(C)=O)ccc23)nc2cc(Cl)ccc2c1=O. The number of nitrogens with zero attached hydrogens (tertiary/aromatic N) is 2. The smallest absolute Gasteiger partial charge is 0.336 e. The summed E-state index contributed by atoms with van der Waals surface area (Å²) in [6.45, 7) is 5.43. The second kappa shape index (κ2) is 9.02. The van der Waals surface area contributed by atoms with Crippen molar-refractivity contribution in [1.29, 1.82) is 0 Å². The van der Waals surface area contributed by atoms with Gasteiger partial charge in [0.1, 0.15) is 5.58 Å². The fourth-order valence-electron chi connectivity index (χ4n) is 3.35. The molecule has 0 unspecified atom stereocenters. The Labute approximate surface area is 191 Å². The van der Waals surface area contributed by atoms with Crippen LogP contribution in [0.1, 0.15) is 12.5 Å². The van der Waals surface area contributed by atoms with Gasteiger partial charge in [0.05, 0.1) is 10.9 Å². The summed E-state index contributed by atoms with van der Waals surface area (Å²) in [5.41, 5.74) is 1.43. The number of aromatic nitrogens is 2. The molecular weight excluding hydrogens is 450 g/mol. The van der Waals surface area contributed by atoms with Crippen molar-refractivity contribution >= 4 is 56.8 Å². The van der Waals surface area contributed by atoms with Gasteiger partial charge >= 0.3 is 5.63 Å². The maximum absolute atomic E-state index is 13.0. The number of fused-ring (bicyclic) bond motifs is 2. The van der Waals surface area contributed by atoms with E-state index in [2.05, 4.69) is 16.9 Å². The average molecular weight is 468 g/mol. The summed E-state index contributed by atoms with van der Waals surface area (Å²) in [4.78, 5) is 41.0. The molecule has 2 aromatic heterocycles. The first kappa shape index (κ1) is 21.9. The number of anilines is 1. The Kier molecular flexibility index (Phi) is 6.16. The molecule has 162 valence electrons. The van der Waals surface area contributed by atoms with Crippen LogP contribution < -0.4 is 16.5 Å². The maximum atomic E-state index is 13.0. The molecule has 2 aromatic carbocycles. The van der Waals surface area contributed by atoms with E-state index < -0.39 is 5.63 Å². The van der Waals surface area contributed by atoms with Gasteiger partial charge in [-0.15, -0.1) is 6.58 Å². The molecule has 0 bridgehead atoms. The number of halogens is 1. The topological polar surface area (TPSA) is 94.2 Å². The Balaban J connectivity index is 1.75. The highest BCUT2D eigenvalue weighted by Crippen LogP contribution is 2.28. The quantitative estimate of drug-likeness (QED) is 0.193. The number of hydrogen-bond acceptors (Lipinski definition) is 6. The molecule has 4 rings (SSSR count). The highest BCUT2D eigenvalue weighted by atomic mass is 35.5. The number of amides is 1. The van der Waals surface area contributed by atoms with Crippen LogP contribution in [-0.2, 0) is 17.1 Å². The van der Waals surface area contributed by atoms with Gasteiger partial charge in [0.2, 0.25) is 5.91 Å². The van der Waals surface area contributed by atoms with Crippen molar-refractivity contribution in [2.24, 2.45) is 0 Å². The van der Waals surface area contributed by atoms with Crippen LogP contribution in [-0.4, -0.2) is 15.5 Å². The first-order chi connectivity index (χ1) is 15.4. The van der Waals surface area contributed by atoms with Crippen molar-refractivity contribution in [2.75, 3.05) is 5.32 Å². The predicted octanol–water partition coefficient (Wildman–Crippen LogP) is 4.59. The molecule has 0 spiro atoms. The lowest BCUT2D eigenvalue weighted by atomic mass is 10.1. The lowest BCUT2D eigenvalue weighted by Crippen LogP contribution is -2.22. The molecule has 1 amide bonds. The summed E-state index contributed by atoms with van der Waals surface area (Å²) in [7, 11) is 0. The zero-order valence-electron chi connectivity index (χ0n) is 17.1. The van der Waals surface area contributed by atoms with E-state index in [1.54, 1.807) is 42.5 Å². The van der Waals surface area contributed by atoms with Crippen LogP contribution in [0, 0.1) is 0 Å². The van der Waals surface area contributed by atoms with Crippen molar-refractivity contribution in [3.05, 3.63) is 86.5 Å². The number of carbonyl (C=O) groups excluding carboxylic acids is 1. The van der Waals surface area contributed by atoms with E-state index in [-0.39, 0.29) is 11.5 Å². The van der Waals surface area contributed by atoms with Gasteiger partial charge in [0, 0.05) is 47.5 Å². The third-order valence-electron chi connectivity index (χ3n) is 4.70. The van der Waals surface area contributed by atoms with Crippen LogP contribution in [0.15, 0.2) is 74.3 Å². The molecule has 0 aliphatic rings. The largest absolute Gasteiger partial charge is 0.423 e. The molecule has 0 fully saturated rings. The van der Waals surface area contributed by atoms with Crippen molar-refractivity contribution in [3.63, 3.8) is 0 Å². The second-order valence-corrected chi connectivity index (χ2v) is 8.41. The maximum Gasteiger partial charge on any atom is 0.336 e. The molecule has 0 aliphatic heterocycles. The minimum atomic E-state index is -0.505. The van der Waals surface area contributed by atoms with Gasteiger partial charge in [0.15, 0.2) is 5.16 Å². The van der Waals surface area contributed by atoms with Crippen molar-refractivity contribution in [3.8, 4) is 0 Å². The summed E-state index contributed by atoms with van der Waals surface area (Å²) in [5, 5.41) is 4.84. The zero-order chi connectivity index (χ0) is 22.8. The molecule has 0 atom stereocenters. The highest BCUT2D eigenvalue weighted by Gasteiger charge is 2.14. The van der Waals surface area contributed by atoms with E-state index in [1.165, 1.54) is 29.3 Å². The van der Waals surface area contributed by atoms with E-state index in [9.17, 15) is 14.4 Å². The molecular formula is C23H18ClN3O4S. The number of rotatable bonds is 6. The molecule has 4 aromatic rings. The Morgan fingerprint density at radius 3 is 2.75 bits per heavy atom. The highest BCUT2D eigenvalue weighted by molar-refractivity contribution is 7.98. The molecule has 0 aliphatic carbocycles. The second-order valence-electron chi connectivity index (χ2n) is 7.03. The van der Waals surface area contributed by atoms with Gasteiger partial charge < -0.3 is 9.73 Å². The molecule has 1 N–H and O–H groups in total. The van der Waals surface area contributed by atoms with Crippen LogP contribution in [0.25, 0.3) is 21.9 Å². The Hall–Kier alpha value is -3.36. The summed E-state index contributed by atoms with van der Waals surface area (Å²) in [6, 6.07) is 11.5. The van der Waals surface area contributed by atoms with E-state index in [0.29, 0.717) is 44.7 Å². The average Bonchev–Trinajstić information content (AvgIpc) is 2.73. The molecule has 7 nitrogen and oxygen atoms in total. The fourth-order valence-corrected chi connectivity index (χ4v) is 4.51. The van der Waals surface area contributed by atoms with Crippen molar-refractivity contribution in [2.45, 2.75) is 24.4 Å². The molecule has 0 saturated heterocycles. The Bertz CT molecular complexity index is 1490. The van der Waals surface area contributed by atoms with Crippen LogP contribution >= 0.6 is 23.4 Å². The number of hydrogen-bond donors (Lipinski definition) is 1. The normalized spacial score (nSPS) is 11.1. The molecule has 0 saturated carbocycles. The van der Waals surface area contributed by atoms with Crippen LogP contribution in [0.4, 0.5) is 5.69 Å². The predicted molar refractivity (Wildman–Crippen MR) is 128 cm³/mol. The van der Waals surface area contributed by atoms with E-state index >= 15 is 0 Å². The monoisotopic (exact) mass is 467 g/mol. The van der Waals surface area contributed by atoms with Gasteiger partial charge in [0.25, 0.3) is 5.56 Å². The van der Waals surface area contributed by atoms with Gasteiger partial charge in [-0.3, -0.25) is 14.2 Å². The van der Waals surface area contributed by atoms with E-state index in [1.807, 2.05) is 0 Å². The molecule has 9 heteroatoms.